The van der Waals surface area contributed by atoms with Crippen molar-refractivity contribution in [3.05, 3.63) is 89.3 Å². The number of ether oxygens (including phenoxy) is 4. The average Bonchev–Trinajstić information content (AvgIpc) is 3.54. The molecule has 2 aromatic heterocycles. The van der Waals surface area contributed by atoms with Crippen molar-refractivity contribution in [2.24, 2.45) is 0 Å². The summed E-state index contributed by atoms with van der Waals surface area (Å²) in [6.45, 7) is -0.623. The first kappa shape index (κ1) is 26.2. The summed E-state index contributed by atoms with van der Waals surface area (Å²) in [5.74, 6) is 1.68. The van der Waals surface area contributed by atoms with Crippen molar-refractivity contribution in [1.29, 1.82) is 0 Å². The minimum Gasteiger partial charge on any atom is -0.454 e. The summed E-state index contributed by atoms with van der Waals surface area (Å²) in [5, 5.41) is 0.542. The Morgan fingerprint density at radius 2 is 1.74 bits per heavy atom. The summed E-state index contributed by atoms with van der Waals surface area (Å²) >= 11 is 6.04. The van der Waals surface area contributed by atoms with Crippen molar-refractivity contribution >= 4 is 40.4 Å². The van der Waals surface area contributed by atoms with E-state index in [4.69, 9.17) is 42.7 Å². The van der Waals surface area contributed by atoms with E-state index in [9.17, 15) is 9.59 Å². The van der Waals surface area contributed by atoms with Crippen molar-refractivity contribution in [3.63, 3.8) is 0 Å². The fourth-order valence-corrected chi connectivity index (χ4v) is 4.50. The van der Waals surface area contributed by atoms with E-state index in [1.807, 2.05) is 0 Å². The van der Waals surface area contributed by atoms with Crippen LogP contribution in [-0.4, -0.2) is 51.6 Å². The van der Waals surface area contributed by atoms with Crippen LogP contribution in [0.25, 0.3) is 11.0 Å². The van der Waals surface area contributed by atoms with Crippen molar-refractivity contribution in [3.8, 4) is 12.3 Å². The number of benzene rings is 2. The standard InChI is InChI=1S/C28H23ClN4O6/c1-2-28(16-36-17-37-25(34)18-9-5-3-6-10-18)21(38-26(35)19-11-7-4-8-12-19)15-22(39-28)33-14-13-20-23(30)31-27(29)32-24(20)33/h1,3-14,21-22H,15-17H2,(H2,30,31,32)/t21-,22+,28+/m0/s1. The number of halogens is 1. The van der Waals surface area contributed by atoms with Gasteiger partial charge in [0.05, 0.1) is 23.1 Å². The number of nitrogens with two attached hydrogens (primary N) is 1. The van der Waals surface area contributed by atoms with Crippen molar-refractivity contribution in [1.82, 2.24) is 14.5 Å². The van der Waals surface area contributed by atoms with Gasteiger partial charge in [-0.3, -0.25) is 0 Å². The Balaban J connectivity index is 1.37. The Labute approximate surface area is 228 Å². The van der Waals surface area contributed by atoms with Gasteiger partial charge in [-0.15, -0.1) is 6.42 Å². The number of hydrogen-bond acceptors (Lipinski definition) is 9. The summed E-state index contributed by atoms with van der Waals surface area (Å²) in [4.78, 5) is 33.5. The number of esters is 2. The predicted octanol–water partition coefficient (Wildman–Crippen LogP) is 4.01. The number of fused-ring (bicyclic) bond motifs is 1. The molecule has 0 aliphatic carbocycles. The summed E-state index contributed by atoms with van der Waals surface area (Å²) in [6.07, 6.45) is 6.20. The minimum absolute atomic E-state index is 0.0308. The Morgan fingerprint density at radius 3 is 2.41 bits per heavy atom. The molecule has 0 unspecified atom stereocenters. The molecule has 1 aliphatic rings. The van der Waals surface area contributed by atoms with Gasteiger partial charge in [0.25, 0.3) is 0 Å². The second kappa shape index (κ2) is 11.1. The van der Waals surface area contributed by atoms with E-state index in [0.29, 0.717) is 22.2 Å². The van der Waals surface area contributed by atoms with Crippen LogP contribution in [0.2, 0.25) is 5.28 Å². The van der Waals surface area contributed by atoms with Crippen LogP contribution in [-0.2, 0) is 18.9 Å². The number of nitrogens with zero attached hydrogens (tertiary/aromatic N) is 3. The molecule has 0 saturated carbocycles. The van der Waals surface area contributed by atoms with Crippen LogP contribution in [0.3, 0.4) is 0 Å². The molecule has 0 amide bonds. The highest BCUT2D eigenvalue weighted by atomic mass is 35.5. The molecule has 5 rings (SSSR count). The van der Waals surface area contributed by atoms with Crippen LogP contribution >= 0.6 is 11.6 Å². The predicted molar refractivity (Wildman–Crippen MR) is 142 cm³/mol. The van der Waals surface area contributed by atoms with Crippen molar-refractivity contribution in [2.45, 2.75) is 24.4 Å². The molecule has 3 heterocycles. The Morgan fingerprint density at radius 1 is 1.08 bits per heavy atom. The maximum atomic E-state index is 13.0. The highest BCUT2D eigenvalue weighted by Crippen LogP contribution is 2.41. The minimum atomic E-state index is -1.51. The zero-order valence-electron chi connectivity index (χ0n) is 20.5. The molecule has 3 atom stereocenters. The van der Waals surface area contributed by atoms with E-state index in [1.165, 1.54) is 0 Å². The smallest absolute Gasteiger partial charge is 0.340 e. The topological polar surface area (TPSA) is 128 Å². The third kappa shape index (κ3) is 5.42. The zero-order valence-corrected chi connectivity index (χ0v) is 21.3. The van der Waals surface area contributed by atoms with Crippen LogP contribution in [0.15, 0.2) is 72.9 Å². The molecule has 1 fully saturated rings. The number of terminal acetylenes is 1. The fourth-order valence-electron chi connectivity index (χ4n) is 4.33. The van der Waals surface area contributed by atoms with Crippen molar-refractivity contribution in [2.75, 3.05) is 19.1 Å². The monoisotopic (exact) mass is 546 g/mol. The summed E-state index contributed by atoms with van der Waals surface area (Å²) in [6, 6.07) is 18.7. The number of carbonyl (C=O) groups excluding carboxylic acids is 2. The Kier molecular flexibility index (Phi) is 7.47. The molecule has 10 nitrogen and oxygen atoms in total. The van der Waals surface area contributed by atoms with Gasteiger partial charge in [0, 0.05) is 12.6 Å². The maximum absolute atomic E-state index is 13.0. The quantitative estimate of drug-likeness (QED) is 0.115. The molecule has 1 aliphatic heterocycles. The van der Waals surface area contributed by atoms with Gasteiger partial charge in [0.1, 0.15) is 23.8 Å². The maximum Gasteiger partial charge on any atom is 0.340 e. The number of carbonyl (C=O) groups is 2. The molecule has 39 heavy (non-hydrogen) atoms. The van der Waals surface area contributed by atoms with Gasteiger partial charge in [-0.1, -0.05) is 42.3 Å². The van der Waals surface area contributed by atoms with Crippen LogP contribution in [0, 0.1) is 12.3 Å². The lowest BCUT2D eigenvalue weighted by Gasteiger charge is -2.28. The number of nitrogen functional groups attached to an aromatic ring is 1. The third-order valence-electron chi connectivity index (χ3n) is 6.27. The summed E-state index contributed by atoms with van der Waals surface area (Å²) in [7, 11) is 0. The largest absolute Gasteiger partial charge is 0.454 e. The average molecular weight is 547 g/mol. The highest BCUT2D eigenvalue weighted by molar-refractivity contribution is 6.28. The molecule has 0 spiro atoms. The zero-order chi connectivity index (χ0) is 27.4. The number of aromatic nitrogens is 3. The number of rotatable bonds is 8. The van der Waals surface area contributed by atoms with Gasteiger partial charge in [0.2, 0.25) is 5.28 Å². The van der Waals surface area contributed by atoms with E-state index in [2.05, 4.69) is 15.9 Å². The highest BCUT2D eigenvalue weighted by Gasteiger charge is 2.51. The van der Waals surface area contributed by atoms with Crippen LogP contribution in [0.4, 0.5) is 5.82 Å². The normalized spacial score (nSPS) is 20.4. The van der Waals surface area contributed by atoms with E-state index in [1.54, 1.807) is 77.5 Å². The first-order valence-electron chi connectivity index (χ1n) is 11.9. The van der Waals surface area contributed by atoms with E-state index in [0.717, 1.165) is 0 Å². The lowest BCUT2D eigenvalue weighted by Crippen LogP contribution is -2.45. The van der Waals surface area contributed by atoms with Crippen LogP contribution < -0.4 is 5.73 Å². The van der Waals surface area contributed by atoms with Crippen LogP contribution in [0.1, 0.15) is 33.4 Å². The molecule has 0 bridgehead atoms. The van der Waals surface area contributed by atoms with E-state index in [-0.39, 0.29) is 24.1 Å². The first-order valence-corrected chi connectivity index (χ1v) is 12.3. The molecule has 0 radical (unpaired) electrons. The van der Waals surface area contributed by atoms with Crippen LogP contribution in [0.5, 0.6) is 0 Å². The second-order valence-electron chi connectivity index (χ2n) is 8.70. The molecule has 1 saturated heterocycles. The molecule has 198 valence electrons. The SMILES string of the molecule is C#C[C@]1(COCOC(=O)c2ccccc2)O[C@@H](n2ccc3c(N)nc(Cl)nc32)C[C@@H]1OC(=O)c1ccccc1. The van der Waals surface area contributed by atoms with Crippen molar-refractivity contribution < 1.29 is 28.5 Å². The van der Waals surface area contributed by atoms with Gasteiger partial charge >= 0.3 is 11.9 Å². The number of hydrogen-bond donors (Lipinski definition) is 1. The third-order valence-corrected chi connectivity index (χ3v) is 6.44. The Bertz CT molecular complexity index is 1540. The van der Waals surface area contributed by atoms with Gasteiger partial charge < -0.3 is 29.2 Å². The number of anilines is 1. The molecular formula is C28H23ClN4O6. The van der Waals surface area contributed by atoms with E-state index >= 15 is 0 Å². The summed E-state index contributed by atoms with van der Waals surface area (Å²) in [5.41, 5.74) is 5.65. The summed E-state index contributed by atoms with van der Waals surface area (Å²) < 4.78 is 24.7. The molecule has 2 N–H and O–H groups in total. The van der Waals surface area contributed by atoms with Gasteiger partial charge in [-0.05, 0) is 41.9 Å². The molecule has 11 heteroatoms. The first-order chi connectivity index (χ1) is 18.9. The lowest BCUT2D eigenvalue weighted by molar-refractivity contribution is -0.130. The fraction of sp³-hybridized carbons (Fsp3) is 0.214. The Hall–Kier alpha value is -4.43. The van der Waals surface area contributed by atoms with Gasteiger partial charge in [-0.2, -0.15) is 4.98 Å². The molecule has 4 aromatic rings. The van der Waals surface area contributed by atoms with Gasteiger partial charge in [0.15, 0.2) is 12.4 Å². The van der Waals surface area contributed by atoms with Gasteiger partial charge in [-0.25, -0.2) is 14.6 Å². The molecule has 2 aromatic carbocycles. The van der Waals surface area contributed by atoms with E-state index < -0.39 is 36.7 Å². The second-order valence-corrected chi connectivity index (χ2v) is 9.04. The lowest BCUT2D eigenvalue weighted by atomic mass is 9.98. The molecular weight excluding hydrogens is 524 g/mol.